The summed E-state index contributed by atoms with van der Waals surface area (Å²) in [6.07, 6.45) is 2.12. The monoisotopic (exact) mass is 408 g/mol. The SMILES string of the molecule is CSc1nnnn1-c1cccc(NC(=O)Cc2csc(-c3ccccc3)n2)c1. The van der Waals surface area contributed by atoms with Gasteiger partial charge in [0.05, 0.1) is 17.8 Å². The Morgan fingerprint density at radius 3 is 2.86 bits per heavy atom. The Kier molecular flexibility index (Phi) is 5.45. The zero-order chi connectivity index (χ0) is 19.3. The normalized spacial score (nSPS) is 10.8. The summed E-state index contributed by atoms with van der Waals surface area (Å²) in [6.45, 7) is 0. The van der Waals surface area contributed by atoms with E-state index in [0.717, 1.165) is 22.0 Å². The number of benzene rings is 2. The topological polar surface area (TPSA) is 85.6 Å². The van der Waals surface area contributed by atoms with Crippen LogP contribution in [0.4, 0.5) is 5.69 Å². The molecule has 9 heteroatoms. The van der Waals surface area contributed by atoms with Crippen LogP contribution in [0.2, 0.25) is 0 Å². The van der Waals surface area contributed by atoms with Crippen molar-refractivity contribution in [1.29, 1.82) is 0 Å². The Balaban J connectivity index is 1.45. The lowest BCUT2D eigenvalue weighted by atomic mass is 10.2. The van der Waals surface area contributed by atoms with Crippen LogP contribution in [0.25, 0.3) is 16.3 Å². The fourth-order valence-corrected chi connectivity index (χ4v) is 3.91. The van der Waals surface area contributed by atoms with E-state index in [1.165, 1.54) is 23.1 Å². The van der Waals surface area contributed by atoms with Gasteiger partial charge in [0.1, 0.15) is 5.01 Å². The minimum atomic E-state index is -0.121. The summed E-state index contributed by atoms with van der Waals surface area (Å²) in [5.41, 5.74) is 3.27. The maximum Gasteiger partial charge on any atom is 0.230 e. The number of aromatic nitrogens is 5. The Morgan fingerprint density at radius 2 is 2.04 bits per heavy atom. The van der Waals surface area contributed by atoms with E-state index in [4.69, 9.17) is 0 Å². The van der Waals surface area contributed by atoms with Gasteiger partial charge in [-0.2, -0.15) is 4.68 Å². The molecule has 0 saturated carbocycles. The highest BCUT2D eigenvalue weighted by Crippen LogP contribution is 2.24. The maximum atomic E-state index is 12.5. The third kappa shape index (κ3) is 4.10. The fraction of sp³-hybridized carbons (Fsp3) is 0.105. The molecule has 0 atom stereocenters. The van der Waals surface area contributed by atoms with E-state index in [1.54, 1.807) is 4.68 Å². The highest BCUT2D eigenvalue weighted by atomic mass is 32.2. The van der Waals surface area contributed by atoms with Crippen LogP contribution in [0.3, 0.4) is 0 Å². The molecule has 7 nitrogen and oxygen atoms in total. The average molecular weight is 409 g/mol. The van der Waals surface area contributed by atoms with Crippen LogP contribution in [0.15, 0.2) is 65.1 Å². The van der Waals surface area contributed by atoms with E-state index in [-0.39, 0.29) is 12.3 Å². The number of hydrogen-bond acceptors (Lipinski definition) is 7. The molecule has 2 aromatic heterocycles. The molecule has 1 N–H and O–H groups in total. The van der Waals surface area contributed by atoms with Crippen LogP contribution in [0.1, 0.15) is 5.69 Å². The second-order valence-corrected chi connectivity index (χ2v) is 7.49. The summed E-state index contributed by atoms with van der Waals surface area (Å²) in [6, 6.07) is 17.4. The molecule has 0 saturated heterocycles. The number of nitrogens with one attached hydrogen (secondary N) is 1. The number of rotatable bonds is 6. The molecule has 0 bridgehead atoms. The van der Waals surface area contributed by atoms with Gasteiger partial charge in [0.15, 0.2) is 0 Å². The molecule has 0 aliphatic heterocycles. The number of hydrogen-bond donors (Lipinski definition) is 1. The predicted octanol–water partition coefficient (Wildman–Crippen LogP) is 3.69. The van der Waals surface area contributed by atoms with Gasteiger partial charge in [-0.25, -0.2) is 4.98 Å². The predicted molar refractivity (Wildman–Crippen MR) is 111 cm³/mol. The molecular weight excluding hydrogens is 392 g/mol. The summed E-state index contributed by atoms with van der Waals surface area (Å²) in [7, 11) is 0. The molecule has 0 aliphatic rings. The van der Waals surface area contributed by atoms with Gasteiger partial charge in [0.2, 0.25) is 11.1 Å². The lowest BCUT2D eigenvalue weighted by Crippen LogP contribution is -2.15. The summed E-state index contributed by atoms with van der Waals surface area (Å²) in [5.74, 6) is -0.121. The van der Waals surface area contributed by atoms with Crippen molar-refractivity contribution in [3.8, 4) is 16.3 Å². The van der Waals surface area contributed by atoms with Crippen molar-refractivity contribution in [3.63, 3.8) is 0 Å². The van der Waals surface area contributed by atoms with Gasteiger partial charge in [-0.1, -0.05) is 48.2 Å². The number of thioether (sulfide) groups is 1. The molecule has 1 amide bonds. The Morgan fingerprint density at radius 1 is 1.18 bits per heavy atom. The lowest BCUT2D eigenvalue weighted by molar-refractivity contribution is -0.115. The number of anilines is 1. The standard InChI is InChI=1S/C19H16N6OS2/c1-27-19-22-23-24-25(19)16-9-5-8-14(10-16)20-17(26)11-15-12-28-18(21-15)13-6-3-2-4-7-13/h2-10,12H,11H2,1H3,(H,20,26). The Labute approximate surface area is 169 Å². The van der Waals surface area contributed by atoms with Gasteiger partial charge in [-0.05, 0) is 34.9 Å². The van der Waals surface area contributed by atoms with Crippen LogP contribution in [-0.2, 0) is 11.2 Å². The molecule has 0 aliphatic carbocycles. The minimum absolute atomic E-state index is 0.121. The molecule has 0 fully saturated rings. The number of carbonyl (C=O) groups excluding carboxylic acids is 1. The third-order valence-electron chi connectivity index (χ3n) is 3.91. The van der Waals surface area contributed by atoms with E-state index in [2.05, 4.69) is 25.8 Å². The van der Waals surface area contributed by atoms with Crippen molar-refractivity contribution in [2.24, 2.45) is 0 Å². The highest BCUT2D eigenvalue weighted by Gasteiger charge is 2.11. The molecule has 0 spiro atoms. The van der Waals surface area contributed by atoms with Crippen molar-refractivity contribution < 1.29 is 4.79 Å². The molecule has 4 rings (SSSR count). The van der Waals surface area contributed by atoms with Crippen molar-refractivity contribution in [2.75, 3.05) is 11.6 Å². The molecular formula is C19H16N6OS2. The zero-order valence-corrected chi connectivity index (χ0v) is 16.6. The first-order chi connectivity index (χ1) is 13.7. The second kappa shape index (κ2) is 8.32. The Hall–Kier alpha value is -3.04. The molecule has 140 valence electrons. The first-order valence-electron chi connectivity index (χ1n) is 8.45. The molecule has 4 aromatic rings. The van der Waals surface area contributed by atoms with Gasteiger partial charge in [-0.3, -0.25) is 4.79 Å². The largest absolute Gasteiger partial charge is 0.326 e. The van der Waals surface area contributed by atoms with Gasteiger partial charge in [0.25, 0.3) is 0 Å². The first kappa shape index (κ1) is 18.3. The number of amides is 1. The van der Waals surface area contributed by atoms with Crippen LogP contribution in [0.5, 0.6) is 0 Å². The molecule has 2 heterocycles. The van der Waals surface area contributed by atoms with Gasteiger partial charge in [0, 0.05) is 16.6 Å². The number of thiazole rings is 1. The van der Waals surface area contributed by atoms with E-state index >= 15 is 0 Å². The van der Waals surface area contributed by atoms with Gasteiger partial charge >= 0.3 is 0 Å². The summed E-state index contributed by atoms with van der Waals surface area (Å²) >= 11 is 2.99. The van der Waals surface area contributed by atoms with E-state index in [0.29, 0.717) is 10.8 Å². The fourth-order valence-electron chi connectivity index (χ4n) is 2.65. The number of tetrazole rings is 1. The van der Waals surface area contributed by atoms with Gasteiger partial charge in [-0.15, -0.1) is 16.4 Å². The third-order valence-corrected chi connectivity index (χ3v) is 5.47. The van der Waals surface area contributed by atoms with Crippen molar-refractivity contribution in [3.05, 3.63) is 65.7 Å². The summed E-state index contributed by atoms with van der Waals surface area (Å²) in [5, 5.41) is 18.1. The smallest absolute Gasteiger partial charge is 0.230 e. The van der Waals surface area contributed by atoms with Crippen molar-refractivity contribution in [2.45, 2.75) is 11.6 Å². The van der Waals surface area contributed by atoms with Crippen LogP contribution < -0.4 is 5.32 Å². The lowest BCUT2D eigenvalue weighted by Gasteiger charge is -2.07. The quantitative estimate of drug-likeness (QED) is 0.490. The van der Waals surface area contributed by atoms with Crippen molar-refractivity contribution >= 4 is 34.7 Å². The first-order valence-corrected chi connectivity index (χ1v) is 10.6. The Bertz CT molecular complexity index is 1090. The van der Waals surface area contributed by atoms with E-state index < -0.39 is 0 Å². The molecule has 0 radical (unpaired) electrons. The number of carbonyl (C=O) groups is 1. The molecule has 2 aromatic carbocycles. The highest BCUT2D eigenvalue weighted by molar-refractivity contribution is 7.98. The average Bonchev–Trinajstić information content (AvgIpc) is 3.38. The minimum Gasteiger partial charge on any atom is -0.326 e. The zero-order valence-electron chi connectivity index (χ0n) is 14.9. The van der Waals surface area contributed by atoms with E-state index in [1.807, 2.05) is 66.2 Å². The van der Waals surface area contributed by atoms with Crippen LogP contribution in [-0.4, -0.2) is 37.4 Å². The number of nitrogens with zero attached hydrogens (tertiary/aromatic N) is 5. The second-order valence-electron chi connectivity index (χ2n) is 5.86. The van der Waals surface area contributed by atoms with E-state index in [9.17, 15) is 4.79 Å². The summed E-state index contributed by atoms with van der Waals surface area (Å²) in [4.78, 5) is 17.0. The molecule has 28 heavy (non-hydrogen) atoms. The molecule has 0 unspecified atom stereocenters. The van der Waals surface area contributed by atoms with Gasteiger partial charge < -0.3 is 5.32 Å². The van der Waals surface area contributed by atoms with Crippen LogP contribution >= 0.6 is 23.1 Å². The maximum absolute atomic E-state index is 12.5. The summed E-state index contributed by atoms with van der Waals surface area (Å²) < 4.78 is 1.63. The van der Waals surface area contributed by atoms with Crippen LogP contribution in [0, 0.1) is 0 Å². The van der Waals surface area contributed by atoms with Crippen molar-refractivity contribution in [1.82, 2.24) is 25.2 Å².